The van der Waals surface area contributed by atoms with Gasteiger partial charge in [-0.25, -0.2) is 27.8 Å². The van der Waals surface area contributed by atoms with Crippen molar-refractivity contribution in [2.75, 3.05) is 11.1 Å². The first-order chi connectivity index (χ1) is 18.0. The molecule has 38 heavy (non-hydrogen) atoms. The normalized spacial score (nSPS) is 13.4. The van der Waals surface area contributed by atoms with Crippen LogP contribution >= 0.6 is 0 Å². The standard InChI is InChI=1S/C24H16F6N6O2/c25-14-2-1-6-33-22(14)36-20(24(28,29)30)13(10-34-36)23(37)35-12-8-15(26)19(16(27)9-12)38-17-5-7-32-21(31)18(17)11-3-4-11/h1-2,5-11H,3-4H2,(H2,31,32)(H,35,37). The fourth-order valence-electron chi connectivity index (χ4n) is 3.86. The van der Waals surface area contributed by atoms with E-state index in [0.29, 0.717) is 23.9 Å². The van der Waals surface area contributed by atoms with Crippen molar-refractivity contribution in [1.82, 2.24) is 19.7 Å². The Morgan fingerprint density at radius 3 is 2.39 bits per heavy atom. The molecule has 14 heteroatoms. The molecule has 1 aliphatic rings. The fourth-order valence-corrected chi connectivity index (χ4v) is 3.86. The Bertz CT molecular complexity index is 1530. The lowest BCUT2D eigenvalue weighted by Crippen LogP contribution is -2.21. The molecule has 0 spiro atoms. The molecule has 196 valence electrons. The van der Waals surface area contributed by atoms with Crippen LogP contribution in [0.3, 0.4) is 0 Å². The van der Waals surface area contributed by atoms with Gasteiger partial charge < -0.3 is 15.8 Å². The molecule has 3 heterocycles. The lowest BCUT2D eigenvalue weighted by molar-refractivity contribution is -0.143. The predicted molar refractivity (Wildman–Crippen MR) is 121 cm³/mol. The molecular formula is C24H16F6N6O2. The van der Waals surface area contributed by atoms with Crippen molar-refractivity contribution in [2.24, 2.45) is 0 Å². The Hall–Kier alpha value is -4.62. The number of benzene rings is 1. The third-order valence-electron chi connectivity index (χ3n) is 5.66. The number of rotatable bonds is 6. The molecule has 1 saturated carbocycles. The first-order valence-electron chi connectivity index (χ1n) is 11.0. The maximum atomic E-state index is 14.8. The third kappa shape index (κ3) is 4.71. The van der Waals surface area contributed by atoms with E-state index in [4.69, 9.17) is 10.5 Å². The summed E-state index contributed by atoms with van der Waals surface area (Å²) in [5, 5.41) is 5.46. The SMILES string of the molecule is Nc1nccc(Oc2c(F)cc(NC(=O)c3cnn(-c4ncccc4F)c3C(F)(F)F)cc2F)c1C1CC1. The summed E-state index contributed by atoms with van der Waals surface area (Å²) in [4.78, 5) is 20.2. The zero-order valence-corrected chi connectivity index (χ0v) is 19.1. The summed E-state index contributed by atoms with van der Waals surface area (Å²) in [6, 6.07) is 4.78. The largest absolute Gasteiger partial charge is 0.451 e. The number of aromatic nitrogens is 4. The van der Waals surface area contributed by atoms with Gasteiger partial charge in [-0.3, -0.25) is 4.79 Å². The van der Waals surface area contributed by atoms with Gasteiger partial charge in [-0.1, -0.05) is 0 Å². The van der Waals surface area contributed by atoms with Crippen LogP contribution in [0.2, 0.25) is 0 Å². The third-order valence-corrected chi connectivity index (χ3v) is 5.66. The average Bonchev–Trinajstić information content (AvgIpc) is 3.57. The molecule has 1 fully saturated rings. The maximum absolute atomic E-state index is 14.8. The van der Waals surface area contributed by atoms with E-state index in [9.17, 15) is 31.1 Å². The van der Waals surface area contributed by atoms with Crippen molar-refractivity contribution < 1.29 is 35.9 Å². The summed E-state index contributed by atoms with van der Waals surface area (Å²) in [7, 11) is 0. The minimum absolute atomic E-state index is 0.0479. The number of halogens is 6. The maximum Gasteiger partial charge on any atom is 0.434 e. The number of pyridine rings is 2. The zero-order chi connectivity index (χ0) is 27.2. The molecule has 1 aromatic carbocycles. The van der Waals surface area contributed by atoms with Gasteiger partial charge in [-0.15, -0.1) is 0 Å². The predicted octanol–water partition coefficient (Wildman–Crippen LogP) is 5.60. The van der Waals surface area contributed by atoms with E-state index in [-0.39, 0.29) is 22.2 Å². The monoisotopic (exact) mass is 534 g/mol. The van der Waals surface area contributed by atoms with E-state index in [2.05, 4.69) is 15.1 Å². The van der Waals surface area contributed by atoms with Crippen molar-refractivity contribution >= 4 is 17.4 Å². The Balaban J connectivity index is 1.44. The van der Waals surface area contributed by atoms with Crippen LogP contribution in [0.15, 0.2) is 48.9 Å². The van der Waals surface area contributed by atoms with Gasteiger partial charge in [-0.05, 0) is 37.0 Å². The molecule has 3 N–H and O–H groups in total. The minimum Gasteiger partial charge on any atom is -0.451 e. The highest BCUT2D eigenvalue weighted by Crippen LogP contribution is 2.47. The highest BCUT2D eigenvalue weighted by atomic mass is 19.4. The molecule has 0 radical (unpaired) electrons. The number of hydrogen-bond donors (Lipinski definition) is 2. The molecule has 0 saturated heterocycles. The van der Waals surface area contributed by atoms with Crippen LogP contribution in [-0.4, -0.2) is 25.7 Å². The van der Waals surface area contributed by atoms with Crippen LogP contribution in [-0.2, 0) is 6.18 Å². The summed E-state index contributed by atoms with van der Waals surface area (Å²) in [5.41, 5.74) is 3.24. The Morgan fingerprint density at radius 1 is 1.05 bits per heavy atom. The van der Waals surface area contributed by atoms with E-state index in [1.165, 1.54) is 12.3 Å². The molecule has 0 bridgehead atoms. The molecule has 0 unspecified atom stereocenters. The number of anilines is 2. The number of nitrogens with zero attached hydrogens (tertiary/aromatic N) is 4. The van der Waals surface area contributed by atoms with E-state index >= 15 is 0 Å². The lowest BCUT2D eigenvalue weighted by atomic mass is 10.1. The van der Waals surface area contributed by atoms with E-state index in [0.717, 1.165) is 31.2 Å². The molecule has 8 nitrogen and oxygen atoms in total. The second kappa shape index (κ2) is 9.36. The number of nitrogens with one attached hydrogen (secondary N) is 1. The molecule has 0 atom stereocenters. The summed E-state index contributed by atoms with van der Waals surface area (Å²) in [6.45, 7) is 0. The zero-order valence-electron chi connectivity index (χ0n) is 19.1. The number of amides is 1. The number of nitrogens with two attached hydrogens (primary N) is 1. The molecule has 5 rings (SSSR count). The van der Waals surface area contributed by atoms with Crippen LogP contribution in [0.1, 0.15) is 40.4 Å². The molecule has 0 aliphatic heterocycles. The summed E-state index contributed by atoms with van der Waals surface area (Å²) >= 11 is 0. The number of ether oxygens (including phenoxy) is 1. The highest BCUT2D eigenvalue weighted by Gasteiger charge is 2.41. The average molecular weight is 534 g/mol. The Kier molecular flexibility index (Phi) is 6.17. The smallest absolute Gasteiger partial charge is 0.434 e. The van der Waals surface area contributed by atoms with Gasteiger partial charge in [0.2, 0.25) is 0 Å². The van der Waals surface area contributed by atoms with E-state index in [1.807, 2.05) is 5.32 Å². The van der Waals surface area contributed by atoms with Gasteiger partial charge in [0.25, 0.3) is 5.91 Å². The van der Waals surface area contributed by atoms with Crippen LogP contribution < -0.4 is 15.8 Å². The number of carbonyl (C=O) groups is 1. The van der Waals surface area contributed by atoms with Crippen LogP contribution in [0, 0.1) is 17.5 Å². The molecule has 3 aromatic heterocycles. The lowest BCUT2D eigenvalue weighted by Gasteiger charge is -2.15. The van der Waals surface area contributed by atoms with Gasteiger partial charge in [0.15, 0.2) is 34.7 Å². The van der Waals surface area contributed by atoms with Crippen molar-refractivity contribution in [2.45, 2.75) is 24.9 Å². The molecule has 1 aliphatic carbocycles. The molecule has 1 amide bonds. The van der Waals surface area contributed by atoms with Gasteiger partial charge >= 0.3 is 6.18 Å². The second-order valence-corrected chi connectivity index (χ2v) is 8.33. The number of hydrogen-bond acceptors (Lipinski definition) is 6. The molecule has 4 aromatic rings. The van der Waals surface area contributed by atoms with Crippen molar-refractivity contribution in [3.05, 3.63) is 83.2 Å². The van der Waals surface area contributed by atoms with Gasteiger partial charge in [0, 0.05) is 35.8 Å². The summed E-state index contributed by atoms with van der Waals surface area (Å²) < 4.78 is 90.8. The van der Waals surface area contributed by atoms with Crippen molar-refractivity contribution in [1.29, 1.82) is 0 Å². The quantitative estimate of drug-likeness (QED) is 0.312. The van der Waals surface area contributed by atoms with Gasteiger partial charge in [0.1, 0.15) is 11.6 Å². The number of carbonyl (C=O) groups excluding carboxylic acids is 1. The number of nitrogen functional groups attached to an aromatic ring is 1. The van der Waals surface area contributed by atoms with Crippen LogP contribution in [0.5, 0.6) is 11.5 Å². The Labute approximate surface area is 210 Å². The first-order valence-corrected chi connectivity index (χ1v) is 11.0. The van der Waals surface area contributed by atoms with Crippen molar-refractivity contribution in [3.8, 4) is 17.3 Å². The van der Waals surface area contributed by atoms with Gasteiger partial charge in [-0.2, -0.15) is 18.3 Å². The van der Waals surface area contributed by atoms with Crippen LogP contribution in [0.4, 0.5) is 37.8 Å². The highest BCUT2D eigenvalue weighted by molar-refractivity contribution is 6.05. The fraction of sp³-hybridized carbons (Fsp3) is 0.167. The number of alkyl halides is 3. The van der Waals surface area contributed by atoms with E-state index < -0.39 is 58.0 Å². The van der Waals surface area contributed by atoms with Gasteiger partial charge in [0.05, 0.1) is 11.8 Å². The van der Waals surface area contributed by atoms with E-state index in [1.54, 1.807) is 0 Å². The Morgan fingerprint density at radius 2 is 1.76 bits per heavy atom. The minimum atomic E-state index is -5.16. The molecular weight excluding hydrogens is 518 g/mol. The second-order valence-electron chi connectivity index (χ2n) is 8.33. The summed E-state index contributed by atoms with van der Waals surface area (Å²) in [6.07, 6.45) is -0.632. The van der Waals surface area contributed by atoms with Crippen molar-refractivity contribution in [3.63, 3.8) is 0 Å². The first kappa shape index (κ1) is 25.0. The topological polar surface area (TPSA) is 108 Å². The van der Waals surface area contributed by atoms with Crippen LogP contribution in [0.25, 0.3) is 5.82 Å². The summed E-state index contributed by atoms with van der Waals surface area (Å²) in [5.74, 6) is -6.25.